The van der Waals surface area contributed by atoms with E-state index in [0.29, 0.717) is 24.2 Å². The van der Waals surface area contributed by atoms with Crippen molar-refractivity contribution in [3.8, 4) is 6.07 Å². The molecule has 1 aliphatic rings. The standard InChI is InChI=1S/C14H13FN2/c1-2-10-3-4-13(15)12(7-10)14-8-11(5-6-16)9-17-14/h3-4,7-8H,2,5,9H2,1H3. The van der Waals surface area contributed by atoms with Gasteiger partial charge < -0.3 is 0 Å². The third kappa shape index (κ3) is 2.42. The van der Waals surface area contributed by atoms with Crippen LogP contribution >= 0.6 is 0 Å². The lowest BCUT2D eigenvalue weighted by atomic mass is 10.0. The predicted molar refractivity (Wildman–Crippen MR) is 65.5 cm³/mol. The zero-order valence-corrected chi connectivity index (χ0v) is 9.70. The first-order valence-corrected chi connectivity index (χ1v) is 5.64. The highest BCUT2D eigenvalue weighted by atomic mass is 19.1. The molecule has 1 aliphatic heterocycles. The number of nitriles is 1. The Hall–Kier alpha value is -1.95. The van der Waals surface area contributed by atoms with Crippen molar-refractivity contribution < 1.29 is 4.39 Å². The van der Waals surface area contributed by atoms with Crippen LogP contribution in [0.2, 0.25) is 0 Å². The lowest BCUT2D eigenvalue weighted by Crippen LogP contribution is -2.00. The fraction of sp³-hybridized carbons (Fsp3) is 0.286. The summed E-state index contributed by atoms with van der Waals surface area (Å²) in [5.41, 5.74) is 3.23. The van der Waals surface area contributed by atoms with Crippen LogP contribution in [-0.2, 0) is 6.42 Å². The molecular weight excluding hydrogens is 215 g/mol. The van der Waals surface area contributed by atoms with Crippen molar-refractivity contribution in [2.24, 2.45) is 4.99 Å². The van der Waals surface area contributed by atoms with E-state index in [1.165, 1.54) is 6.07 Å². The first-order chi connectivity index (χ1) is 8.24. The summed E-state index contributed by atoms with van der Waals surface area (Å²) in [7, 11) is 0. The van der Waals surface area contributed by atoms with E-state index in [-0.39, 0.29) is 5.82 Å². The van der Waals surface area contributed by atoms with Crippen LogP contribution in [0.15, 0.2) is 34.8 Å². The zero-order valence-electron chi connectivity index (χ0n) is 9.70. The Kier molecular flexibility index (Phi) is 3.34. The maximum atomic E-state index is 13.7. The number of aliphatic imine (C=N–C) groups is 1. The Morgan fingerprint density at radius 1 is 1.47 bits per heavy atom. The van der Waals surface area contributed by atoms with Gasteiger partial charge in [-0.1, -0.05) is 13.0 Å². The Labute approximate surface area is 100 Å². The van der Waals surface area contributed by atoms with Crippen LogP contribution in [0.25, 0.3) is 0 Å². The summed E-state index contributed by atoms with van der Waals surface area (Å²) in [4.78, 5) is 4.28. The van der Waals surface area contributed by atoms with Gasteiger partial charge in [-0.05, 0) is 35.8 Å². The smallest absolute Gasteiger partial charge is 0.132 e. The van der Waals surface area contributed by atoms with Gasteiger partial charge in [-0.15, -0.1) is 0 Å². The highest BCUT2D eigenvalue weighted by Gasteiger charge is 2.13. The predicted octanol–water partition coefficient (Wildman–Crippen LogP) is 3.03. The van der Waals surface area contributed by atoms with Crippen molar-refractivity contribution in [2.75, 3.05) is 6.54 Å². The molecule has 0 radical (unpaired) electrons. The second-order valence-corrected chi connectivity index (χ2v) is 4.01. The molecule has 0 atom stereocenters. The van der Waals surface area contributed by atoms with Gasteiger partial charge in [0.1, 0.15) is 5.82 Å². The monoisotopic (exact) mass is 228 g/mol. The Bertz CT molecular complexity index is 536. The first-order valence-electron chi connectivity index (χ1n) is 5.64. The topological polar surface area (TPSA) is 36.1 Å². The van der Waals surface area contributed by atoms with Gasteiger partial charge in [-0.3, -0.25) is 4.99 Å². The lowest BCUT2D eigenvalue weighted by molar-refractivity contribution is 0.624. The van der Waals surface area contributed by atoms with Crippen molar-refractivity contribution in [3.05, 3.63) is 46.8 Å². The molecule has 86 valence electrons. The summed E-state index contributed by atoms with van der Waals surface area (Å²) in [6.07, 6.45) is 3.05. The molecule has 0 saturated carbocycles. The molecule has 0 fully saturated rings. The molecular formula is C14H13FN2. The molecule has 0 spiro atoms. The van der Waals surface area contributed by atoms with Crippen LogP contribution in [-0.4, -0.2) is 12.3 Å². The quantitative estimate of drug-likeness (QED) is 0.783. The molecule has 0 N–H and O–H groups in total. The maximum Gasteiger partial charge on any atom is 0.132 e. The molecule has 0 aliphatic carbocycles. The van der Waals surface area contributed by atoms with Gasteiger partial charge in [-0.2, -0.15) is 5.26 Å². The summed E-state index contributed by atoms with van der Waals surface area (Å²) in [5.74, 6) is -0.254. The summed E-state index contributed by atoms with van der Waals surface area (Å²) in [5, 5.41) is 8.60. The molecule has 0 aromatic heterocycles. The maximum absolute atomic E-state index is 13.7. The molecule has 17 heavy (non-hydrogen) atoms. The second kappa shape index (κ2) is 4.92. The average molecular weight is 228 g/mol. The van der Waals surface area contributed by atoms with Crippen LogP contribution in [0.3, 0.4) is 0 Å². The van der Waals surface area contributed by atoms with Crippen molar-refractivity contribution >= 4 is 5.71 Å². The third-order valence-electron chi connectivity index (χ3n) is 2.81. The third-order valence-corrected chi connectivity index (χ3v) is 2.81. The van der Waals surface area contributed by atoms with Crippen LogP contribution in [0.4, 0.5) is 4.39 Å². The number of benzene rings is 1. The van der Waals surface area contributed by atoms with E-state index in [2.05, 4.69) is 11.1 Å². The molecule has 2 rings (SSSR count). The normalized spacial score (nSPS) is 14.2. The molecule has 0 amide bonds. The van der Waals surface area contributed by atoms with Gasteiger partial charge in [0.15, 0.2) is 0 Å². The molecule has 2 nitrogen and oxygen atoms in total. The van der Waals surface area contributed by atoms with E-state index in [1.54, 1.807) is 6.07 Å². The minimum absolute atomic E-state index is 0.254. The van der Waals surface area contributed by atoms with Gasteiger partial charge in [0.05, 0.1) is 24.7 Å². The Balaban J connectivity index is 2.33. The van der Waals surface area contributed by atoms with Gasteiger partial charge >= 0.3 is 0 Å². The number of aryl methyl sites for hydroxylation is 1. The molecule has 1 aromatic rings. The second-order valence-electron chi connectivity index (χ2n) is 4.01. The number of rotatable bonds is 3. The van der Waals surface area contributed by atoms with Crippen LogP contribution in [0, 0.1) is 17.1 Å². The number of allylic oxidation sites excluding steroid dienone is 1. The highest BCUT2D eigenvalue weighted by Crippen LogP contribution is 2.18. The fourth-order valence-corrected chi connectivity index (χ4v) is 1.83. The number of hydrogen-bond acceptors (Lipinski definition) is 2. The van der Waals surface area contributed by atoms with Gasteiger partial charge in [-0.25, -0.2) is 4.39 Å². The molecule has 3 heteroatoms. The summed E-state index contributed by atoms with van der Waals surface area (Å²) in [6.45, 7) is 2.54. The Morgan fingerprint density at radius 3 is 3.00 bits per heavy atom. The zero-order chi connectivity index (χ0) is 12.3. The van der Waals surface area contributed by atoms with E-state index in [0.717, 1.165) is 17.6 Å². The molecule has 1 aromatic carbocycles. The van der Waals surface area contributed by atoms with E-state index in [1.807, 2.05) is 19.1 Å². The fourth-order valence-electron chi connectivity index (χ4n) is 1.83. The minimum Gasteiger partial charge on any atom is -0.280 e. The summed E-state index contributed by atoms with van der Waals surface area (Å²) >= 11 is 0. The van der Waals surface area contributed by atoms with Crippen molar-refractivity contribution in [3.63, 3.8) is 0 Å². The molecule has 0 bridgehead atoms. The van der Waals surface area contributed by atoms with Crippen molar-refractivity contribution in [1.82, 2.24) is 0 Å². The largest absolute Gasteiger partial charge is 0.280 e. The van der Waals surface area contributed by atoms with Crippen molar-refractivity contribution in [2.45, 2.75) is 19.8 Å². The molecule has 1 heterocycles. The average Bonchev–Trinajstić information content (AvgIpc) is 2.79. The van der Waals surface area contributed by atoms with Crippen LogP contribution < -0.4 is 0 Å². The van der Waals surface area contributed by atoms with Gasteiger partial charge in [0.25, 0.3) is 0 Å². The lowest BCUT2D eigenvalue weighted by Gasteiger charge is -2.03. The van der Waals surface area contributed by atoms with E-state index in [4.69, 9.17) is 5.26 Å². The highest BCUT2D eigenvalue weighted by molar-refractivity contribution is 6.10. The van der Waals surface area contributed by atoms with Crippen molar-refractivity contribution in [1.29, 1.82) is 5.26 Å². The summed E-state index contributed by atoms with van der Waals surface area (Å²) in [6, 6.07) is 7.18. The number of halogens is 1. The van der Waals surface area contributed by atoms with E-state index >= 15 is 0 Å². The Morgan fingerprint density at radius 2 is 2.29 bits per heavy atom. The van der Waals surface area contributed by atoms with Crippen LogP contribution in [0.1, 0.15) is 24.5 Å². The van der Waals surface area contributed by atoms with Gasteiger partial charge in [0.2, 0.25) is 0 Å². The minimum atomic E-state index is -0.254. The van der Waals surface area contributed by atoms with E-state index in [9.17, 15) is 4.39 Å². The molecule has 0 unspecified atom stereocenters. The molecule has 0 saturated heterocycles. The van der Waals surface area contributed by atoms with Crippen LogP contribution in [0.5, 0.6) is 0 Å². The summed E-state index contributed by atoms with van der Waals surface area (Å²) < 4.78 is 13.7. The van der Waals surface area contributed by atoms with E-state index < -0.39 is 0 Å². The SMILES string of the molecule is CCc1ccc(F)c(C2=NCC(CC#N)=C2)c1. The first kappa shape index (κ1) is 11.5. The van der Waals surface area contributed by atoms with Gasteiger partial charge in [0, 0.05) is 5.56 Å². The number of nitrogens with zero attached hydrogens (tertiary/aromatic N) is 2. The number of hydrogen-bond donors (Lipinski definition) is 0.